The Labute approximate surface area is 164 Å². The van der Waals surface area contributed by atoms with Gasteiger partial charge in [0.15, 0.2) is 0 Å². The van der Waals surface area contributed by atoms with Gasteiger partial charge in [0.05, 0.1) is 6.10 Å². The first-order valence-electron chi connectivity index (χ1n) is 12.3. The molecule has 0 heterocycles. The van der Waals surface area contributed by atoms with Crippen molar-refractivity contribution < 1.29 is 5.11 Å². The van der Waals surface area contributed by atoms with E-state index in [1.165, 1.54) is 89.9 Å². The molecular weight excluding hydrogens is 316 g/mol. The zero-order valence-electron chi connectivity index (χ0n) is 18.2. The van der Waals surface area contributed by atoms with Gasteiger partial charge in [0.25, 0.3) is 0 Å². The van der Waals surface area contributed by atoms with E-state index < -0.39 is 0 Å². The van der Waals surface area contributed by atoms with Crippen LogP contribution in [0.3, 0.4) is 0 Å². The highest BCUT2D eigenvalue weighted by atomic mass is 16.3. The van der Waals surface area contributed by atoms with E-state index in [0.717, 1.165) is 42.4 Å². The predicted molar refractivity (Wildman–Crippen MR) is 114 cm³/mol. The summed E-state index contributed by atoms with van der Waals surface area (Å²) < 4.78 is 0. The lowest BCUT2D eigenvalue weighted by Crippen LogP contribution is -2.34. The summed E-state index contributed by atoms with van der Waals surface area (Å²) in [7, 11) is 0. The van der Waals surface area contributed by atoms with Crippen molar-refractivity contribution in [3.05, 3.63) is 0 Å². The SMILES string of the molecule is CC1CCC(C(C)C)C(C2CCCCCCCCCCCCC(O)C2)C1. The molecule has 5 atom stereocenters. The molecule has 0 aliphatic heterocycles. The third kappa shape index (κ3) is 7.91. The Kier molecular flexibility index (Phi) is 10.6. The Morgan fingerprint density at radius 1 is 0.654 bits per heavy atom. The number of rotatable bonds is 2. The summed E-state index contributed by atoms with van der Waals surface area (Å²) >= 11 is 0. The standard InChI is InChI=1S/C25H48O/c1-20(2)24-17-16-21(3)18-25(24)22-14-12-10-8-6-4-5-7-9-11-13-15-23(26)19-22/h20-26H,4-19H2,1-3H3. The van der Waals surface area contributed by atoms with Gasteiger partial charge in [-0.15, -0.1) is 0 Å². The highest BCUT2D eigenvalue weighted by molar-refractivity contribution is 4.86. The number of hydrogen-bond donors (Lipinski definition) is 1. The van der Waals surface area contributed by atoms with Gasteiger partial charge >= 0.3 is 0 Å². The van der Waals surface area contributed by atoms with E-state index in [-0.39, 0.29) is 6.10 Å². The molecule has 0 aromatic carbocycles. The molecule has 2 aliphatic carbocycles. The van der Waals surface area contributed by atoms with Gasteiger partial charge in [0, 0.05) is 0 Å². The van der Waals surface area contributed by atoms with E-state index in [1.807, 2.05) is 0 Å². The van der Waals surface area contributed by atoms with Crippen molar-refractivity contribution in [1.82, 2.24) is 0 Å². The van der Waals surface area contributed by atoms with Crippen molar-refractivity contribution in [2.75, 3.05) is 0 Å². The summed E-state index contributed by atoms with van der Waals surface area (Å²) in [5, 5.41) is 10.8. The molecule has 0 amide bonds. The molecule has 2 rings (SSSR count). The highest BCUT2D eigenvalue weighted by Gasteiger charge is 2.36. The van der Waals surface area contributed by atoms with Crippen molar-refractivity contribution >= 4 is 0 Å². The molecule has 0 aromatic rings. The van der Waals surface area contributed by atoms with Gasteiger partial charge in [-0.2, -0.15) is 0 Å². The fourth-order valence-corrected chi connectivity index (χ4v) is 5.99. The summed E-state index contributed by atoms with van der Waals surface area (Å²) in [4.78, 5) is 0. The first-order chi connectivity index (χ1) is 12.6. The Morgan fingerprint density at radius 2 is 1.19 bits per heavy atom. The Hall–Kier alpha value is -0.0400. The molecule has 0 spiro atoms. The molecule has 0 radical (unpaired) electrons. The van der Waals surface area contributed by atoms with Crippen LogP contribution in [-0.4, -0.2) is 11.2 Å². The van der Waals surface area contributed by atoms with Crippen LogP contribution < -0.4 is 0 Å². The molecule has 1 nitrogen and oxygen atoms in total. The summed E-state index contributed by atoms with van der Waals surface area (Å²) in [6.45, 7) is 7.35. The minimum Gasteiger partial charge on any atom is -0.393 e. The minimum atomic E-state index is -0.0461. The molecule has 2 fully saturated rings. The lowest BCUT2D eigenvalue weighted by Gasteiger charge is -2.42. The smallest absolute Gasteiger partial charge is 0.0543 e. The summed E-state index contributed by atoms with van der Waals surface area (Å²) in [5.74, 6) is 4.23. The first kappa shape index (κ1) is 22.3. The lowest BCUT2D eigenvalue weighted by atomic mass is 9.63. The van der Waals surface area contributed by atoms with Gasteiger partial charge in [0.2, 0.25) is 0 Å². The van der Waals surface area contributed by atoms with E-state index in [9.17, 15) is 5.11 Å². The van der Waals surface area contributed by atoms with Crippen LogP contribution in [-0.2, 0) is 0 Å². The number of hydrogen-bond acceptors (Lipinski definition) is 1. The maximum atomic E-state index is 10.8. The fourth-order valence-electron chi connectivity index (χ4n) is 5.99. The van der Waals surface area contributed by atoms with Crippen molar-refractivity contribution in [2.24, 2.45) is 29.6 Å². The summed E-state index contributed by atoms with van der Waals surface area (Å²) in [5.41, 5.74) is 0. The van der Waals surface area contributed by atoms with Crippen molar-refractivity contribution in [1.29, 1.82) is 0 Å². The molecule has 0 saturated heterocycles. The van der Waals surface area contributed by atoms with Crippen LogP contribution in [0.5, 0.6) is 0 Å². The average Bonchev–Trinajstić information content (AvgIpc) is 2.61. The molecule has 26 heavy (non-hydrogen) atoms. The van der Waals surface area contributed by atoms with E-state index in [1.54, 1.807) is 0 Å². The van der Waals surface area contributed by atoms with Crippen molar-refractivity contribution in [3.63, 3.8) is 0 Å². The number of aliphatic hydroxyl groups excluding tert-OH is 1. The molecule has 2 saturated carbocycles. The van der Waals surface area contributed by atoms with Gasteiger partial charge in [-0.1, -0.05) is 97.8 Å². The fraction of sp³-hybridized carbons (Fsp3) is 1.00. The maximum Gasteiger partial charge on any atom is 0.0543 e. The van der Waals surface area contributed by atoms with E-state index in [0.29, 0.717) is 0 Å². The van der Waals surface area contributed by atoms with Crippen LogP contribution in [0.4, 0.5) is 0 Å². The maximum absolute atomic E-state index is 10.8. The Balaban J connectivity index is 1.99. The van der Waals surface area contributed by atoms with Crippen LogP contribution in [0, 0.1) is 29.6 Å². The van der Waals surface area contributed by atoms with E-state index in [4.69, 9.17) is 0 Å². The second-order valence-corrected chi connectivity index (χ2v) is 10.3. The van der Waals surface area contributed by atoms with Crippen molar-refractivity contribution in [2.45, 2.75) is 130 Å². The predicted octanol–water partition coefficient (Wildman–Crippen LogP) is 7.76. The Bertz CT molecular complexity index is 350. The third-order valence-electron chi connectivity index (χ3n) is 7.62. The van der Waals surface area contributed by atoms with Crippen LogP contribution >= 0.6 is 0 Å². The van der Waals surface area contributed by atoms with Gasteiger partial charge in [-0.3, -0.25) is 0 Å². The normalized spacial score (nSPS) is 37.0. The van der Waals surface area contributed by atoms with Gasteiger partial charge in [0.1, 0.15) is 0 Å². The van der Waals surface area contributed by atoms with Gasteiger partial charge in [-0.25, -0.2) is 0 Å². The van der Waals surface area contributed by atoms with Crippen LogP contribution in [0.2, 0.25) is 0 Å². The Morgan fingerprint density at radius 3 is 1.77 bits per heavy atom. The summed E-state index contributed by atoms with van der Waals surface area (Å²) in [6.07, 6.45) is 21.7. The third-order valence-corrected chi connectivity index (χ3v) is 7.62. The largest absolute Gasteiger partial charge is 0.393 e. The molecular formula is C25H48O. The van der Waals surface area contributed by atoms with Crippen LogP contribution in [0.25, 0.3) is 0 Å². The van der Waals surface area contributed by atoms with Crippen LogP contribution in [0.1, 0.15) is 124 Å². The average molecular weight is 365 g/mol. The van der Waals surface area contributed by atoms with Crippen LogP contribution in [0.15, 0.2) is 0 Å². The lowest BCUT2D eigenvalue weighted by molar-refractivity contribution is 0.0461. The molecule has 0 bridgehead atoms. The second kappa shape index (κ2) is 12.4. The molecule has 1 heteroatoms. The zero-order chi connectivity index (χ0) is 18.8. The first-order valence-corrected chi connectivity index (χ1v) is 12.3. The number of aliphatic hydroxyl groups is 1. The molecule has 0 aromatic heterocycles. The molecule has 154 valence electrons. The van der Waals surface area contributed by atoms with Gasteiger partial charge < -0.3 is 5.11 Å². The summed E-state index contributed by atoms with van der Waals surface area (Å²) in [6, 6.07) is 0. The van der Waals surface area contributed by atoms with E-state index in [2.05, 4.69) is 20.8 Å². The topological polar surface area (TPSA) is 20.2 Å². The highest BCUT2D eigenvalue weighted by Crippen LogP contribution is 2.45. The molecule has 5 unspecified atom stereocenters. The molecule has 2 aliphatic rings. The van der Waals surface area contributed by atoms with Gasteiger partial charge in [-0.05, 0) is 55.3 Å². The monoisotopic (exact) mass is 364 g/mol. The van der Waals surface area contributed by atoms with E-state index >= 15 is 0 Å². The zero-order valence-corrected chi connectivity index (χ0v) is 18.2. The quantitative estimate of drug-likeness (QED) is 0.531. The van der Waals surface area contributed by atoms with Crippen molar-refractivity contribution in [3.8, 4) is 0 Å². The second-order valence-electron chi connectivity index (χ2n) is 10.3. The minimum absolute atomic E-state index is 0.0461. The molecule has 1 N–H and O–H groups in total.